The van der Waals surface area contributed by atoms with Gasteiger partial charge in [-0.2, -0.15) is 0 Å². The summed E-state index contributed by atoms with van der Waals surface area (Å²) in [6.07, 6.45) is 7.39. The maximum Gasteiger partial charge on any atom is 0.0543 e. The van der Waals surface area contributed by atoms with Gasteiger partial charge in [-0.1, -0.05) is 6.07 Å². The largest absolute Gasteiger partial charge is 0.316 e. The molecule has 0 amide bonds. The summed E-state index contributed by atoms with van der Waals surface area (Å²) in [6.45, 7) is 5.92. The first-order valence-electron chi connectivity index (χ1n) is 7.19. The van der Waals surface area contributed by atoms with Crippen molar-refractivity contribution < 1.29 is 0 Å². The average Bonchev–Trinajstić information content (AvgIpc) is 2.41. The molecular weight excluding hydrogens is 222 g/mol. The van der Waals surface area contributed by atoms with E-state index < -0.39 is 0 Å². The Morgan fingerprint density at radius 2 is 2.22 bits per heavy atom. The summed E-state index contributed by atoms with van der Waals surface area (Å²) >= 11 is 0. The molecule has 1 aromatic heterocycles. The highest BCUT2D eigenvalue weighted by atomic mass is 15.2. The Balaban J connectivity index is 1.63. The fourth-order valence-electron chi connectivity index (χ4n) is 3.54. The molecule has 0 aliphatic carbocycles. The number of hydrogen-bond donors (Lipinski definition) is 1. The van der Waals surface area contributed by atoms with E-state index in [1.807, 2.05) is 12.3 Å². The fourth-order valence-corrected chi connectivity index (χ4v) is 3.54. The molecule has 2 saturated heterocycles. The smallest absolute Gasteiger partial charge is 0.0543 e. The van der Waals surface area contributed by atoms with Crippen LogP contribution in [0, 0.1) is 5.41 Å². The van der Waals surface area contributed by atoms with Crippen molar-refractivity contribution in [2.75, 3.05) is 26.2 Å². The van der Waals surface area contributed by atoms with E-state index in [1.54, 1.807) is 0 Å². The number of aromatic nitrogens is 1. The van der Waals surface area contributed by atoms with Crippen molar-refractivity contribution in [1.29, 1.82) is 0 Å². The predicted octanol–water partition coefficient (Wildman–Crippen LogP) is 2.05. The molecule has 3 nitrogen and oxygen atoms in total. The van der Waals surface area contributed by atoms with Crippen LogP contribution in [0.3, 0.4) is 0 Å². The topological polar surface area (TPSA) is 28.2 Å². The van der Waals surface area contributed by atoms with Gasteiger partial charge in [-0.25, -0.2) is 0 Å². The molecule has 1 aromatic rings. The minimum Gasteiger partial charge on any atom is -0.316 e. The lowest BCUT2D eigenvalue weighted by Gasteiger charge is -2.45. The van der Waals surface area contributed by atoms with Crippen LogP contribution < -0.4 is 5.32 Å². The lowest BCUT2D eigenvalue weighted by atomic mass is 9.74. The van der Waals surface area contributed by atoms with Crippen molar-refractivity contribution in [3.05, 3.63) is 30.1 Å². The Hall–Kier alpha value is -0.930. The predicted molar refractivity (Wildman–Crippen MR) is 73.3 cm³/mol. The van der Waals surface area contributed by atoms with Gasteiger partial charge in [-0.15, -0.1) is 0 Å². The first-order chi connectivity index (χ1) is 8.86. The number of piperidine rings is 2. The highest BCUT2D eigenvalue weighted by Crippen LogP contribution is 2.36. The fraction of sp³-hybridized carbons (Fsp3) is 0.667. The number of rotatable bonds is 2. The van der Waals surface area contributed by atoms with Crippen LogP contribution in [0.2, 0.25) is 0 Å². The van der Waals surface area contributed by atoms with Crippen molar-refractivity contribution in [2.45, 2.75) is 32.2 Å². The van der Waals surface area contributed by atoms with Crippen LogP contribution in [0.1, 0.15) is 31.4 Å². The summed E-state index contributed by atoms with van der Waals surface area (Å²) in [5.74, 6) is 0. The molecule has 2 aliphatic heterocycles. The molecule has 0 saturated carbocycles. The van der Waals surface area contributed by atoms with Crippen LogP contribution >= 0.6 is 0 Å². The monoisotopic (exact) mass is 245 g/mol. The zero-order valence-electron chi connectivity index (χ0n) is 11.1. The van der Waals surface area contributed by atoms with E-state index in [4.69, 9.17) is 0 Å². The first-order valence-corrected chi connectivity index (χ1v) is 7.19. The van der Waals surface area contributed by atoms with E-state index in [9.17, 15) is 0 Å². The molecule has 0 bridgehead atoms. The molecule has 0 aromatic carbocycles. The maximum absolute atomic E-state index is 4.45. The number of nitrogens with one attached hydrogen (secondary N) is 1. The minimum atomic E-state index is 0.547. The van der Waals surface area contributed by atoms with Gasteiger partial charge in [0.15, 0.2) is 0 Å². The minimum absolute atomic E-state index is 0.547. The molecular formula is C15H23N3. The summed E-state index contributed by atoms with van der Waals surface area (Å²) in [6, 6.07) is 6.22. The Bertz CT molecular complexity index is 365. The van der Waals surface area contributed by atoms with Crippen molar-refractivity contribution >= 4 is 0 Å². The molecule has 1 spiro atoms. The second-order valence-electron chi connectivity index (χ2n) is 5.92. The van der Waals surface area contributed by atoms with Gasteiger partial charge in [0.1, 0.15) is 0 Å². The number of likely N-dealkylation sites (tertiary alicyclic amines) is 1. The number of hydrogen-bond acceptors (Lipinski definition) is 3. The second-order valence-corrected chi connectivity index (χ2v) is 5.92. The van der Waals surface area contributed by atoms with Crippen LogP contribution in [0.5, 0.6) is 0 Å². The molecule has 2 fully saturated rings. The van der Waals surface area contributed by atoms with Gasteiger partial charge >= 0.3 is 0 Å². The van der Waals surface area contributed by atoms with Gasteiger partial charge in [0.2, 0.25) is 0 Å². The Kier molecular flexibility index (Phi) is 3.62. The highest BCUT2D eigenvalue weighted by Gasteiger charge is 2.36. The molecule has 1 unspecified atom stereocenters. The van der Waals surface area contributed by atoms with E-state index in [0.717, 1.165) is 6.54 Å². The van der Waals surface area contributed by atoms with Crippen LogP contribution in [-0.4, -0.2) is 36.1 Å². The third-order valence-corrected chi connectivity index (χ3v) is 4.41. The van der Waals surface area contributed by atoms with Crippen LogP contribution in [-0.2, 0) is 6.54 Å². The molecule has 18 heavy (non-hydrogen) atoms. The second kappa shape index (κ2) is 5.37. The summed E-state index contributed by atoms with van der Waals surface area (Å²) in [4.78, 5) is 7.05. The van der Waals surface area contributed by atoms with Crippen molar-refractivity contribution in [1.82, 2.24) is 15.2 Å². The first kappa shape index (κ1) is 12.1. The molecule has 3 rings (SSSR count). The van der Waals surface area contributed by atoms with Gasteiger partial charge in [0, 0.05) is 25.8 Å². The van der Waals surface area contributed by atoms with Gasteiger partial charge in [-0.3, -0.25) is 9.88 Å². The van der Waals surface area contributed by atoms with E-state index in [0.29, 0.717) is 5.41 Å². The van der Waals surface area contributed by atoms with Crippen molar-refractivity contribution in [3.63, 3.8) is 0 Å². The number of nitrogens with zero attached hydrogens (tertiary/aromatic N) is 2. The Morgan fingerprint density at radius 1 is 1.28 bits per heavy atom. The van der Waals surface area contributed by atoms with Gasteiger partial charge in [-0.05, 0) is 56.3 Å². The lowest BCUT2D eigenvalue weighted by Crippen LogP contribution is -2.50. The van der Waals surface area contributed by atoms with E-state index in [1.165, 1.54) is 57.6 Å². The van der Waals surface area contributed by atoms with Crippen molar-refractivity contribution in [2.24, 2.45) is 5.41 Å². The molecule has 1 atom stereocenters. The third kappa shape index (κ3) is 2.73. The summed E-state index contributed by atoms with van der Waals surface area (Å²) in [5, 5.41) is 3.59. The molecule has 3 heteroatoms. The van der Waals surface area contributed by atoms with E-state index in [2.05, 4.69) is 27.3 Å². The SMILES string of the molecule is c1ccc(CN2CCCC3(CCCNC3)C2)nc1. The maximum atomic E-state index is 4.45. The molecule has 1 N–H and O–H groups in total. The van der Waals surface area contributed by atoms with Gasteiger partial charge in [0.25, 0.3) is 0 Å². The summed E-state index contributed by atoms with van der Waals surface area (Å²) in [5.41, 5.74) is 1.75. The van der Waals surface area contributed by atoms with Crippen LogP contribution in [0.25, 0.3) is 0 Å². The third-order valence-electron chi connectivity index (χ3n) is 4.41. The quantitative estimate of drug-likeness (QED) is 0.864. The van der Waals surface area contributed by atoms with E-state index >= 15 is 0 Å². The lowest BCUT2D eigenvalue weighted by molar-refractivity contribution is 0.0593. The van der Waals surface area contributed by atoms with Gasteiger partial charge < -0.3 is 5.32 Å². The highest BCUT2D eigenvalue weighted by molar-refractivity contribution is 5.04. The zero-order chi connectivity index (χ0) is 12.3. The Morgan fingerprint density at radius 3 is 3.00 bits per heavy atom. The summed E-state index contributed by atoms with van der Waals surface area (Å²) < 4.78 is 0. The Labute approximate surface area is 110 Å². The molecule has 3 heterocycles. The van der Waals surface area contributed by atoms with E-state index in [-0.39, 0.29) is 0 Å². The molecule has 0 radical (unpaired) electrons. The normalized spacial score (nSPS) is 29.6. The zero-order valence-corrected chi connectivity index (χ0v) is 11.1. The van der Waals surface area contributed by atoms with Crippen molar-refractivity contribution in [3.8, 4) is 0 Å². The molecule has 98 valence electrons. The standard InChI is InChI=1S/C15H23N3/c1-2-9-17-14(5-1)11-18-10-4-7-15(13-18)6-3-8-16-12-15/h1-2,5,9,16H,3-4,6-8,10-13H2. The van der Waals surface area contributed by atoms with Crippen LogP contribution in [0.4, 0.5) is 0 Å². The summed E-state index contributed by atoms with van der Waals surface area (Å²) in [7, 11) is 0. The van der Waals surface area contributed by atoms with Crippen LogP contribution in [0.15, 0.2) is 24.4 Å². The van der Waals surface area contributed by atoms with Gasteiger partial charge in [0.05, 0.1) is 5.69 Å². The molecule has 2 aliphatic rings. The average molecular weight is 245 g/mol. The number of pyridine rings is 1.